The third kappa shape index (κ3) is 1.86. The minimum Gasteiger partial charge on any atom is -0.289 e. The fourth-order valence-corrected chi connectivity index (χ4v) is 1.82. The van der Waals surface area contributed by atoms with Crippen LogP contribution in [-0.2, 0) is 0 Å². The first-order chi connectivity index (χ1) is 9.24. The van der Waals surface area contributed by atoms with Crippen molar-refractivity contribution in [3.63, 3.8) is 0 Å². The predicted molar refractivity (Wildman–Crippen MR) is 69.4 cm³/mol. The molecule has 0 atom stereocenters. The highest BCUT2D eigenvalue weighted by Gasteiger charge is 2.09. The van der Waals surface area contributed by atoms with Gasteiger partial charge in [-0.3, -0.25) is 14.8 Å². The van der Waals surface area contributed by atoms with Gasteiger partial charge in [-0.25, -0.2) is 0 Å². The van der Waals surface area contributed by atoms with Gasteiger partial charge in [0, 0.05) is 23.5 Å². The molecule has 18 heavy (non-hydrogen) atoms. The van der Waals surface area contributed by atoms with E-state index in [2.05, 4.69) is 9.97 Å². The van der Waals surface area contributed by atoms with Crippen molar-refractivity contribution in [1.82, 2.24) is 9.97 Å². The number of hydrogen-bond acceptors (Lipinski definition) is 3. The van der Waals surface area contributed by atoms with Gasteiger partial charge in [0.1, 0.15) is 0 Å². The minimum absolute atomic E-state index is 0.0558. The topological polar surface area (TPSA) is 42.9 Å². The Hall–Kier alpha value is -2.55. The summed E-state index contributed by atoms with van der Waals surface area (Å²) < 4.78 is 7.46. The zero-order valence-corrected chi connectivity index (χ0v) is 9.50. The van der Waals surface area contributed by atoms with Crippen LogP contribution in [0, 0.1) is 0 Å². The lowest BCUT2D eigenvalue weighted by Gasteiger charge is -2.02. The molecule has 0 bridgehead atoms. The SMILES string of the molecule is [2H]c1cnc2ccc(C(=O)c3ccccc3)cc2n1. The van der Waals surface area contributed by atoms with Crippen LogP contribution in [0.3, 0.4) is 0 Å². The molecule has 0 unspecified atom stereocenters. The van der Waals surface area contributed by atoms with Crippen molar-refractivity contribution in [1.29, 1.82) is 0 Å². The van der Waals surface area contributed by atoms with E-state index in [9.17, 15) is 4.79 Å². The van der Waals surface area contributed by atoms with Gasteiger partial charge in [-0.15, -0.1) is 0 Å². The van der Waals surface area contributed by atoms with Gasteiger partial charge in [0.05, 0.1) is 12.4 Å². The average molecular weight is 235 g/mol. The van der Waals surface area contributed by atoms with Gasteiger partial charge < -0.3 is 0 Å². The molecule has 0 radical (unpaired) electrons. The van der Waals surface area contributed by atoms with Crippen molar-refractivity contribution >= 4 is 16.8 Å². The van der Waals surface area contributed by atoms with Crippen LogP contribution < -0.4 is 0 Å². The van der Waals surface area contributed by atoms with E-state index in [0.717, 1.165) is 0 Å². The molecule has 0 saturated carbocycles. The van der Waals surface area contributed by atoms with E-state index in [1.807, 2.05) is 18.2 Å². The van der Waals surface area contributed by atoms with Crippen LogP contribution in [0.25, 0.3) is 11.0 Å². The van der Waals surface area contributed by atoms with Crippen molar-refractivity contribution < 1.29 is 6.17 Å². The molecule has 3 heteroatoms. The quantitative estimate of drug-likeness (QED) is 0.641. The summed E-state index contributed by atoms with van der Waals surface area (Å²) in [4.78, 5) is 20.4. The summed E-state index contributed by atoms with van der Waals surface area (Å²) >= 11 is 0. The van der Waals surface area contributed by atoms with Gasteiger partial charge in [-0.2, -0.15) is 0 Å². The fraction of sp³-hybridized carbons (Fsp3) is 0. The van der Waals surface area contributed by atoms with Crippen LogP contribution in [0.4, 0.5) is 0 Å². The Kier molecular flexibility index (Phi) is 2.30. The van der Waals surface area contributed by atoms with E-state index >= 15 is 0 Å². The summed E-state index contributed by atoms with van der Waals surface area (Å²) in [7, 11) is 0. The Morgan fingerprint density at radius 1 is 0.944 bits per heavy atom. The second-order valence-corrected chi connectivity index (χ2v) is 3.90. The third-order valence-electron chi connectivity index (χ3n) is 2.72. The van der Waals surface area contributed by atoms with Crippen LogP contribution in [0.5, 0.6) is 0 Å². The Morgan fingerprint density at radius 3 is 2.61 bits per heavy atom. The molecule has 0 amide bonds. The molecule has 0 aliphatic carbocycles. The molecule has 3 aromatic rings. The van der Waals surface area contributed by atoms with Crippen molar-refractivity contribution in [2.24, 2.45) is 0 Å². The Bertz CT molecular complexity index is 756. The maximum atomic E-state index is 12.3. The second-order valence-electron chi connectivity index (χ2n) is 3.90. The molecule has 0 saturated heterocycles. The van der Waals surface area contributed by atoms with E-state index in [1.54, 1.807) is 30.3 Å². The lowest BCUT2D eigenvalue weighted by molar-refractivity contribution is 0.103. The summed E-state index contributed by atoms with van der Waals surface area (Å²) in [5.74, 6) is -0.0558. The number of hydrogen-bond donors (Lipinski definition) is 0. The molecule has 0 fully saturated rings. The van der Waals surface area contributed by atoms with Gasteiger partial charge >= 0.3 is 0 Å². The number of rotatable bonds is 2. The smallest absolute Gasteiger partial charge is 0.193 e. The number of carbonyl (C=O) groups is 1. The van der Waals surface area contributed by atoms with E-state index in [0.29, 0.717) is 22.2 Å². The van der Waals surface area contributed by atoms with Gasteiger partial charge in [0.2, 0.25) is 0 Å². The van der Waals surface area contributed by atoms with Crippen LogP contribution in [0.15, 0.2) is 60.9 Å². The maximum absolute atomic E-state index is 12.3. The number of aromatic nitrogens is 2. The fourth-order valence-electron chi connectivity index (χ4n) is 1.82. The molecular weight excluding hydrogens is 224 g/mol. The van der Waals surface area contributed by atoms with Crippen molar-refractivity contribution in [2.75, 3.05) is 0 Å². The highest BCUT2D eigenvalue weighted by atomic mass is 16.1. The number of fused-ring (bicyclic) bond motifs is 1. The Morgan fingerprint density at radius 2 is 1.78 bits per heavy atom. The Balaban J connectivity index is 2.08. The molecule has 86 valence electrons. The van der Waals surface area contributed by atoms with Gasteiger partial charge in [-0.1, -0.05) is 30.3 Å². The number of ketones is 1. The van der Waals surface area contributed by atoms with Crippen molar-refractivity contribution in [2.45, 2.75) is 0 Å². The maximum Gasteiger partial charge on any atom is 0.193 e. The number of nitrogens with zero attached hydrogens (tertiary/aromatic N) is 2. The highest BCUT2D eigenvalue weighted by Crippen LogP contribution is 2.14. The first-order valence-electron chi connectivity index (χ1n) is 6.07. The molecule has 0 aliphatic rings. The van der Waals surface area contributed by atoms with E-state index < -0.39 is 0 Å². The minimum atomic E-state index is -0.0558. The van der Waals surface area contributed by atoms with Gasteiger partial charge in [0.25, 0.3) is 0 Å². The molecule has 0 spiro atoms. The molecule has 2 aromatic carbocycles. The molecule has 1 heterocycles. The molecule has 3 rings (SSSR count). The number of carbonyl (C=O) groups excluding carboxylic acids is 1. The van der Waals surface area contributed by atoms with E-state index in [1.165, 1.54) is 6.20 Å². The molecule has 0 aliphatic heterocycles. The molecule has 1 aromatic heterocycles. The van der Waals surface area contributed by atoms with Crippen LogP contribution >= 0.6 is 0 Å². The third-order valence-corrected chi connectivity index (χ3v) is 2.72. The number of benzene rings is 2. The average Bonchev–Trinajstić information content (AvgIpc) is 2.46. The normalized spacial score (nSPS) is 11.2. The van der Waals surface area contributed by atoms with Crippen LogP contribution in [0.1, 0.15) is 17.3 Å². The van der Waals surface area contributed by atoms with E-state index in [4.69, 9.17) is 1.37 Å². The Labute approximate surface area is 106 Å². The predicted octanol–water partition coefficient (Wildman–Crippen LogP) is 2.86. The summed E-state index contributed by atoms with van der Waals surface area (Å²) in [5, 5.41) is 0. The first-order valence-corrected chi connectivity index (χ1v) is 5.57. The zero-order valence-electron chi connectivity index (χ0n) is 10.5. The summed E-state index contributed by atoms with van der Waals surface area (Å²) in [6.45, 7) is 0. The van der Waals surface area contributed by atoms with Crippen molar-refractivity contribution in [3.8, 4) is 0 Å². The summed E-state index contributed by atoms with van der Waals surface area (Å²) in [6, 6.07) is 14.2. The standard InChI is InChI=1S/C15H10N2O/c18-15(11-4-2-1-3-5-11)12-6-7-13-14(10-12)17-9-8-16-13/h1-10H/i9D. The first kappa shape index (κ1) is 9.48. The largest absolute Gasteiger partial charge is 0.289 e. The summed E-state index contributed by atoms with van der Waals surface area (Å²) in [5.41, 5.74) is 2.44. The van der Waals surface area contributed by atoms with Crippen LogP contribution in [0.2, 0.25) is 0 Å². The van der Waals surface area contributed by atoms with Crippen LogP contribution in [-0.4, -0.2) is 15.8 Å². The lowest BCUT2D eigenvalue weighted by atomic mass is 10.0. The highest BCUT2D eigenvalue weighted by molar-refractivity contribution is 6.10. The lowest BCUT2D eigenvalue weighted by Crippen LogP contribution is -2.01. The zero-order chi connectivity index (χ0) is 13.2. The van der Waals surface area contributed by atoms with E-state index in [-0.39, 0.29) is 12.0 Å². The van der Waals surface area contributed by atoms with Gasteiger partial charge in [-0.05, 0) is 18.2 Å². The molecular formula is C15H10N2O. The molecule has 3 nitrogen and oxygen atoms in total. The van der Waals surface area contributed by atoms with Gasteiger partial charge in [0.15, 0.2) is 5.78 Å². The van der Waals surface area contributed by atoms with Crippen molar-refractivity contribution in [3.05, 3.63) is 72.0 Å². The second kappa shape index (κ2) is 4.37. The summed E-state index contributed by atoms with van der Waals surface area (Å²) in [6.07, 6.45) is 1.48. The monoisotopic (exact) mass is 235 g/mol. The molecule has 0 N–H and O–H groups in total.